The lowest BCUT2D eigenvalue weighted by Crippen LogP contribution is -2.22. The van der Waals surface area contributed by atoms with Crippen LogP contribution in [-0.4, -0.2) is 10.9 Å². The Morgan fingerprint density at radius 1 is 1.44 bits per heavy atom. The molecule has 1 rings (SSSR count). The zero-order valence-corrected chi connectivity index (χ0v) is 12.0. The standard InChI is InChI=1S/C14H21ClN2O/c1-4-6-7-11(5-2)14(18)17-12-8-9-13(15)16-10(12)3/h8-9,11H,4-7H2,1-3H3,(H,17,18). The number of rotatable bonds is 6. The quantitative estimate of drug-likeness (QED) is 0.786. The number of aryl methyl sites for hydroxylation is 1. The van der Waals surface area contributed by atoms with E-state index in [1.54, 1.807) is 12.1 Å². The zero-order valence-electron chi connectivity index (χ0n) is 11.3. The molecule has 1 amide bonds. The molecule has 100 valence electrons. The maximum absolute atomic E-state index is 12.1. The fraction of sp³-hybridized carbons (Fsp3) is 0.571. The first kappa shape index (κ1) is 15.0. The van der Waals surface area contributed by atoms with Gasteiger partial charge in [0.1, 0.15) is 5.15 Å². The Kier molecular flexibility index (Phi) is 6.13. The SMILES string of the molecule is CCCCC(CC)C(=O)Nc1ccc(Cl)nc1C. The van der Waals surface area contributed by atoms with Crippen molar-refractivity contribution < 1.29 is 4.79 Å². The normalized spacial score (nSPS) is 12.2. The largest absolute Gasteiger partial charge is 0.324 e. The van der Waals surface area contributed by atoms with Crippen molar-refractivity contribution in [3.63, 3.8) is 0 Å². The van der Waals surface area contributed by atoms with E-state index >= 15 is 0 Å². The van der Waals surface area contributed by atoms with Gasteiger partial charge in [-0.15, -0.1) is 0 Å². The zero-order chi connectivity index (χ0) is 13.5. The highest BCUT2D eigenvalue weighted by Gasteiger charge is 2.16. The van der Waals surface area contributed by atoms with Crippen molar-refractivity contribution >= 4 is 23.2 Å². The first-order valence-corrected chi connectivity index (χ1v) is 6.90. The number of aromatic nitrogens is 1. The van der Waals surface area contributed by atoms with Crippen LogP contribution in [0, 0.1) is 12.8 Å². The number of hydrogen-bond acceptors (Lipinski definition) is 2. The number of hydrogen-bond donors (Lipinski definition) is 1. The maximum atomic E-state index is 12.1. The molecule has 0 saturated carbocycles. The fourth-order valence-electron chi connectivity index (χ4n) is 1.87. The van der Waals surface area contributed by atoms with E-state index in [0.29, 0.717) is 5.15 Å². The second-order valence-corrected chi connectivity index (χ2v) is 4.89. The Morgan fingerprint density at radius 3 is 2.72 bits per heavy atom. The summed E-state index contributed by atoms with van der Waals surface area (Å²) in [6, 6.07) is 3.49. The van der Waals surface area contributed by atoms with Gasteiger partial charge in [0.25, 0.3) is 0 Å². The Bertz CT molecular complexity index is 407. The van der Waals surface area contributed by atoms with Crippen LogP contribution in [0.2, 0.25) is 5.15 Å². The molecule has 1 unspecified atom stereocenters. The first-order valence-electron chi connectivity index (χ1n) is 6.52. The molecule has 4 heteroatoms. The van der Waals surface area contributed by atoms with E-state index in [-0.39, 0.29) is 11.8 Å². The highest BCUT2D eigenvalue weighted by atomic mass is 35.5. The molecule has 0 aliphatic heterocycles. The molecule has 1 heterocycles. The van der Waals surface area contributed by atoms with Crippen LogP contribution in [0.5, 0.6) is 0 Å². The minimum Gasteiger partial charge on any atom is -0.324 e. The molecule has 1 aromatic rings. The van der Waals surface area contributed by atoms with Crippen molar-refractivity contribution in [2.75, 3.05) is 5.32 Å². The number of halogens is 1. The van der Waals surface area contributed by atoms with Crippen LogP contribution in [0.3, 0.4) is 0 Å². The number of carbonyl (C=O) groups excluding carboxylic acids is 1. The summed E-state index contributed by atoms with van der Waals surface area (Å²) in [6.07, 6.45) is 4.01. The molecule has 0 aromatic carbocycles. The van der Waals surface area contributed by atoms with Gasteiger partial charge in [-0.3, -0.25) is 4.79 Å². The average Bonchev–Trinajstić information content (AvgIpc) is 2.34. The molecule has 0 radical (unpaired) electrons. The van der Waals surface area contributed by atoms with Gasteiger partial charge >= 0.3 is 0 Å². The summed E-state index contributed by atoms with van der Waals surface area (Å²) in [5.74, 6) is 0.165. The van der Waals surface area contributed by atoms with Crippen molar-refractivity contribution in [3.05, 3.63) is 23.0 Å². The summed E-state index contributed by atoms with van der Waals surface area (Å²) in [4.78, 5) is 16.2. The third-order valence-electron chi connectivity index (χ3n) is 3.08. The molecule has 3 nitrogen and oxygen atoms in total. The first-order chi connectivity index (χ1) is 8.58. The lowest BCUT2D eigenvalue weighted by atomic mass is 9.98. The topological polar surface area (TPSA) is 42.0 Å². The summed E-state index contributed by atoms with van der Waals surface area (Å²) in [7, 11) is 0. The van der Waals surface area contributed by atoms with Crippen molar-refractivity contribution in [3.8, 4) is 0 Å². The Balaban J connectivity index is 2.67. The summed E-state index contributed by atoms with van der Waals surface area (Å²) in [5, 5.41) is 3.38. The highest BCUT2D eigenvalue weighted by molar-refractivity contribution is 6.29. The molecule has 0 aliphatic carbocycles. The maximum Gasteiger partial charge on any atom is 0.227 e. The van der Waals surface area contributed by atoms with E-state index in [2.05, 4.69) is 17.2 Å². The van der Waals surface area contributed by atoms with Crippen LogP contribution >= 0.6 is 11.6 Å². The van der Waals surface area contributed by atoms with Crippen LogP contribution in [0.25, 0.3) is 0 Å². The highest BCUT2D eigenvalue weighted by Crippen LogP contribution is 2.19. The molecule has 1 aromatic heterocycles. The van der Waals surface area contributed by atoms with Crippen molar-refractivity contribution in [1.29, 1.82) is 0 Å². The summed E-state index contributed by atoms with van der Waals surface area (Å²) in [6.45, 7) is 6.03. The molecular weight excluding hydrogens is 248 g/mol. The van der Waals surface area contributed by atoms with Gasteiger partial charge in [0.15, 0.2) is 0 Å². The van der Waals surface area contributed by atoms with Crippen molar-refractivity contribution in [2.24, 2.45) is 5.92 Å². The third-order valence-corrected chi connectivity index (χ3v) is 3.29. The Labute approximate surface area is 114 Å². The van der Waals surface area contributed by atoms with Crippen molar-refractivity contribution in [2.45, 2.75) is 46.5 Å². The van der Waals surface area contributed by atoms with E-state index in [9.17, 15) is 4.79 Å². The van der Waals surface area contributed by atoms with Crippen LogP contribution in [-0.2, 0) is 4.79 Å². The second-order valence-electron chi connectivity index (χ2n) is 4.50. The molecule has 0 spiro atoms. The number of pyridine rings is 1. The summed E-state index contributed by atoms with van der Waals surface area (Å²) < 4.78 is 0. The van der Waals surface area contributed by atoms with Gasteiger partial charge in [0.2, 0.25) is 5.91 Å². The number of anilines is 1. The number of unbranched alkanes of at least 4 members (excludes halogenated alkanes) is 1. The van der Waals surface area contributed by atoms with E-state index in [1.165, 1.54) is 0 Å². The molecule has 0 fully saturated rings. The molecule has 0 saturated heterocycles. The lowest BCUT2D eigenvalue weighted by molar-refractivity contribution is -0.120. The molecule has 1 N–H and O–H groups in total. The number of carbonyl (C=O) groups is 1. The Hall–Kier alpha value is -1.09. The molecule has 1 atom stereocenters. The van der Waals surface area contributed by atoms with Gasteiger partial charge in [0, 0.05) is 5.92 Å². The molecule has 0 bridgehead atoms. The Morgan fingerprint density at radius 2 is 2.17 bits per heavy atom. The van der Waals surface area contributed by atoms with E-state index in [0.717, 1.165) is 37.1 Å². The number of amides is 1. The van der Waals surface area contributed by atoms with Gasteiger partial charge in [-0.1, -0.05) is 38.3 Å². The fourth-order valence-corrected chi connectivity index (χ4v) is 2.06. The van der Waals surface area contributed by atoms with Gasteiger partial charge in [0.05, 0.1) is 11.4 Å². The van der Waals surface area contributed by atoms with Crippen LogP contribution in [0.15, 0.2) is 12.1 Å². The van der Waals surface area contributed by atoms with Gasteiger partial charge in [-0.05, 0) is 31.9 Å². The predicted octanol–water partition coefficient (Wildman–Crippen LogP) is 4.20. The number of nitrogens with one attached hydrogen (secondary N) is 1. The van der Waals surface area contributed by atoms with Gasteiger partial charge in [-0.2, -0.15) is 0 Å². The predicted molar refractivity (Wildman–Crippen MR) is 75.9 cm³/mol. The minimum atomic E-state index is 0.0816. The smallest absolute Gasteiger partial charge is 0.227 e. The third kappa shape index (κ3) is 4.30. The summed E-state index contributed by atoms with van der Waals surface area (Å²) in [5.41, 5.74) is 1.50. The van der Waals surface area contributed by atoms with Gasteiger partial charge in [-0.25, -0.2) is 4.98 Å². The lowest BCUT2D eigenvalue weighted by Gasteiger charge is -2.15. The minimum absolute atomic E-state index is 0.0816. The summed E-state index contributed by atoms with van der Waals surface area (Å²) >= 11 is 5.79. The van der Waals surface area contributed by atoms with Crippen molar-refractivity contribution in [1.82, 2.24) is 4.98 Å². The van der Waals surface area contributed by atoms with Crippen LogP contribution in [0.4, 0.5) is 5.69 Å². The monoisotopic (exact) mass is 268 g/mol. The van der Waals surface area contributed by atoms with Gasteiger partial charge < -0.3 is 5.32 Å². The number of nitrogens with zero attached hydrogens (tertiary/aromatic N) is 1. The molecule has 0 aliphatic rings. The van der Waals surface area contributed by atoms with Crippen LogP contribution < -0.4 is 5.32 Å². The second kappa shape index (κ2) is 7.37. The van der Waals surface area contributed by atoms with E-state index < -0.39 is 0 Å². The van der Waals surface area contributed by atoms with E-state index in [4.69, 9.17) is 11.6 Å². The van der Waals surface area contributed by atoms with Crippen LogP contribution in [0.1, 0.15) is 45.2 Å². The molecule has 18 heavy (non-hydrogen) atoms. The average molecular weight is 269 g/mol. The molecular formula is C14H21ClN2O. The van der Waals surface area contributed by atoms with E-state index in [1.807, 2.05) is 13.8 Å².